The van der Waals surface area contributed by atoms with Gasteiger partial charge in [-0.2, -0.15) is 0 Å². The molecule has 7 heteroatoms. The maximum absolute atomic E-state index is 10.7. The third-order valence-corrected chi connectivity index (χ3v) is 3.42. The Balaban J connectivity index is 3.03. The van der Waals surface area contributed by atoms with Crippen LogP contribution in [0.5, 0.6) is 0 Å². The van der Waals surface area contributed by atoms with E-state index in [1.54, 1.807) is 6.92 Å². The van der Waals surface area contributed by atoms with E-state index in [1.165, 1.54) is 6.20 Å². The van der Waals surface area contributed by atoms with Crippen LogP contribution in [0, 0.1) is 17.0 Å². The molecular formula is C10H15BrN4O2. The quantitative estimate of drug-likeness (QED) is 0.662. The number of hydrogen-bond acceptors (Lipinski definition) is 5. The van der Waals surface area contributed by atoms with Gasteiger partial charge in [-0.1, -0.05) is 0 Å². The predicted molar refractivity (Wildman–Crippen MR) is 70.5 cm³/mol. The third-order valence-electron chi connectivity index (χ3n) is 2.47. The lowest BCUT2D eigenvalue weighted by molar-refractivity contribution is -0.385. The van der Waals surface area contributed by atoms with E-state index in [0.29, 0.717) is 15.9 Å². The summed E-state index contributed by atoms with van der Waals surface area (Å²) in [5, 5.41) is 13.8. The largest absolute Gasteiger partial charge is 0.357 e. The molecule has 0 bridgehead atoms. The number of halogens is 1. The number of aromatic nitrogens is 1. The SMILES string of the molecule is CNCCN(C)c1ncc([N+](=O)[O-])c(C)c1Br. The van der Waals surface area contributed by atoms with Crippen molar-refractivity contribution in [1.82, 2.24) is 10.3 Å². The fourth-order valence-electron chi connectivity index (χ4n) is 1.39. The molecule has 0 atom stereocenters. The summed E-state index contributed by atoms with van der Waals surface area (Å²) in [5.74, 6) is 0.711. The van der Waals surface area contributed by atoms with Gasteiger partial charge in [0.15, 0.2) is 0 Å². The molecule has 0 amide bonds. The highest BCUT2D eigenvalue weighted by molar-refractivity contribution is 9.10. The van der Waals surface area contributed by atoms with Crippen molar-refractivity contribution in [2.75, 3.05) is 32.1 Å². The molecule has 0 aliphatic heterocycles. The molecule has 1 aromatic rings. The van der Waals surface area contributed by atoms with Crippen LogP contribution in [0.25, 0.3) is 0 Å². The summed E-state index contributed by atoms with van der Waals surface area (Å²) in [4.78, 5) is 16.4. The molecular weight excluding hydrogens is 288 g/mol. The molecule has 0 saturated carbocycles. The molecule has 0 spiro atoms. The fourth-order valence-corrected chi connectivity index (χ4v) is 2.00. The number of likely N-dealkylation sites (N-methyl/N-ethyl adjacent to an activating group) is 2. The van der Waals surface area contributed by atoms with Gasteiger partial charge in [0.05, 0.1) is 9.40 Å². The van der Waals surface area contributed by atoms with Crippen LogP contribution in [-0.2, 0) is 0 Å². The van der Waals surface area contributed by atoms with Gasteiger partial charge in [0.2, 0.25) is 0 Å². The summed E-state index contributed by atoms with van der Waals surface area (Å²) < 4.78 is 0.672. The molecule has 1 N–H and O–H groups in total. The van der Waals surface area contributed by atoms with Crippen LogP contribution in [0.1, 0.15) is 5.56 Å². The van der Waals surface area contributed by atoms with Crippen molar-refractivity contribution in [3.63, 3.8) is 0 Å². The van der Waals surface area contributed by atoms with Crippen molar-refractivity contribution in [2.24, 2.45) is 0 Å². The maximum atomic E-state index is 10.7. The first-order valence-electron chi connectivity index (χ1n) is 5.14. The van der Waals surface area contributed by atoms with Gasteiger partial charge in [-0.3, -0.25) is 10.1 Å². The van der Waals surface area contributed by atoms with Gasteiger partial charge in [0, 0.05) is 25.7 Å². The van der Waals surface area contributed by atoms with Gasteiger partial charge in [-0.15, -0.1) is 0 Å². The molecule has 0 saturated heterocycles. The van der Waals surface area contributed by atoms with Gasteiger partial charge in [-0.25, -0.2) is 4.98 Å². The van der Waals surface area contributed by atoms with E-state index in [2.05, 4.69) is 26.2 Å². The maximum Gasteiger partial charge on any atom is 0.291 e. The fraction of sp³-hybridized carbons (Fsp3) is 0.500. The zero-order chi connectivity index (χ0) is 13.0. The number of pyridine rings is 1. The Morgan fingerprint density at radius 2 is 2.29 bits per heavy atom. The van der Waals surface area contributed by atoms with E-state index < -0.39 is 4.92 Å². The number of nitrogens with one attached hydrogen (secondary N) is 1. The van der Waals surface area contributed by atoms with Gasteiger partial charge in [0.1, 0.15) is 12.0 Å². The molecule has 1 rings (SSSR count). The summed E-state index contributed by atoms with van der Waals surface area (Å²) in [7, 11) is 3.77. The van der Waals surface area contributed by atoms with E-state index in [9.17, 15) is 10.1 Å². The summed E-state index contributed by atoms with van der Waals surface area (Å²) in [6.07, 6.45) is 1.30. The summed E-state index contributed by atoms with van der Waals surface area (Å²) in [6, 6.07) is 0. The second-order valence-electron chi connectivity index (χ2n) is 3.69. The average Bonchev–Trinajstić information content (AvgIpc) is 2.29. The van der Waals surface area contributed by atoms with Crippen molar-refractivity contribution >= 4 is 27.4 Å². The second-order valence-corrected chi connectivity index (χ2v) is 4.48. The molecule has 6 nitrogen and oxygen atoms in total. The van der Waals surface area contributed by atoms with Gasteiger partial charge < -0.3 is 10.2 Å². The Hall–Kier alpha value is -1.21. The lowest BCUT2D eigenvalue weighted by atomic mass is 10.2. The smallest absolute Gasteiger partial charge is 0.291 e. The van der Waals surface area contributed by atoms with E-state index in [0.717, 1.165) is 13.1 Å². The molecule has 0 radical (unpaired) electrons. The highest BCUT2D eigenvalue weighted by Crippen LogP contribution is 2.31. The van der Waals surface area contributed by atoms with E-state index >= 15 is 0 Å². The first-order valence-corrected chi connectivity index (χ1v) is 5.93. The molecule has 0 aromatic carbocycles. The van der Waals surface area contributed by atoms with Crippen molar-refractivity contribution in [2.45, 2.75) is 6.92 Å². The zero-order valence-electron chi connectivity index (χ0n) is 10.0. The van der Waals surface area contributed by atoms with Crippen molar-refractivity contribution in [3.8, 4) is 0 Å². The number of hydrogen-bond donors (Lipinski definition) is 1. The predicted octanol–water partition coefficient (Wildman–Crippen LogP) is 1.72. The van der Waals surface area contributed by atoms with Gasteiger partial charge in [0.25, 0.3) is 5.69 Å². The minimum Gasteiger partial charge on any atom is -0.357 e. The molecule has 0 fully saturated rings. The lowest BCUT2D eigenvalue weighted by Crippen LogP contribution is -2.28. The van der Waals surface area contributed by atoms with Crippen molar-refractivity contribution in [3.05, 3.63) is 26.3 Å². The first kappa shape index (κ1) is 13.9. The van der Waals surface area contributed by atoms with E-state index in [-0.39, 0.29) is 5.69 Å². The Morgan fingerprint density at radius 3 is 2.82 bits per heavy atom. The van der Waals surface area contributed by atoms with Crippen molar-refractivity contribution in [1.29, 1.82) is 0 Å². The normalized spacial score (nSPS) is 10.4. The number of rotatable bonds is 5. The molecule has 94 valence electrons. The zero-order valence-corrected chi connectivity index (χ0v) is 11.6. The highest BCUT2D eigenvalue weighted by atomic mass is 79.9. The number of nitro groups is 1. The third kappa shape index (κ3) is 3.13. The summed E-state index contributed by atoms with van der Waals surface area (Å²) in [6.45, 7) is 3.30. The minimum atomic E-state index is -0.426. The highest BCUT2D eigenvalue weighted by Gasteiger charge is 2.18. The summed E-state index contributed by atoms with van der Waals surface area (Å²) >= 11 is 3.36. The molecule has 0 aliphatic rings. The molecule has 0 aliphatic carbocycles. The second kappa shape index (κ2) is 5.92. The van der Waals surface area contributed by atoms with Gasteiger partial charge in [-0.05, 0) is 29.9 Å². The van der Waals surface area contributed by atoms with Crippen LogP contribution in [-0.4, -0.2) is 37.1 Å². The van der Waals surface area contributed by atoms with Crippen molar-refractivity contribution < 1.29 is 4.92 Å². The van der Waals surface area contributed by atoms with E-state index in [1.807, 2.05) is 19.0 Å². The van der Waals surface area contributed by atoms with Crippen LogP contribution in [0.4, 0.5) is 11.5 Å². The molecule has 1 aromatic heterocycles. The van der Waals surface area contributed by atoms with Crippen LogP contribution in [0.15, 0.2) is 10.7 Å². The standard InChI is InChI=1S/C10H15BrN4O2/c1-7-8(15(16)17)6-13-10(9(7)11)14(3)5-4-12-2/h6,12H,4-5H2,1-3H3. The van der Waals surface area contributed by atoms with Gasteiger partial charge >= 0.3 is 0 Å². The Kier molecular flexibility index (Phi) is 4.83. The number of anilines is 1. The number of nitrogens with zero attached hydrogens (tertiary/aromatic N) is 3. The Labute approximate surface area is 108 Å². The average molecular weight is 303 g/mol. The van der Waals surface area contributed by atoms with Crippen LogP contribution in [0.2, 0.25) is 0 Å². The first-order chi connectivity index (χ1) is 7.99. The molecule has 17 heavy (non-hydrogen) atoms. The van der Waals surface area contributed by atoms with Crippen LogP contribution in [0.3, 0.4) is 0 Å². The minimum absolute atomic E-state index is 0.0302. The Morgan fingerprint density at radius 1 is 1.65 bits per heavy atom. The monoisotopic (exact) mass is 302 g/mol. The van der Waals surface area contributed by atoms with Crippen LogP contribution < -0.4 is 10.2 Å². The van der Waals surface area contributed by atoms with Crippen LogP contribution >= 0.6 is 15.9 Å². The summed E-state index contributed by atoms with van der Waals surface area (Å²) in [5.41, 5.74) is 0.624. The van der Waals surface area contributed by atoms with E-state index in [4.69, 9.17) is 0 Å². The Bertz CT molecular complexity index is 425. The topological polar surface area (TPSA) is 71.3 Å². The lowest BCUT2D eigenvalue weighted by Gasteiger charge is -2.19. The molecule has 1 heterocycles. The molecule has 0 unspecified atom stereocenters.